The molecule has 0 aromatic carbocycles. The summed E-state index contributed by atoms with van der Waals surface area (Å²) in [6.45, 7) is 7.54. The Kier molecular flexibility index (Phi) is 5.28. The van der Waals surface area contributed by atoms with Crippen LogP contribution in [0.4, 0.5) is 9.93 Å². The van der Waals surface area contributed by atoms with Gasteiger partial charge in [0.1, 0.15) is 5.60 Å². The van der Waals surface area contributed by atoms with Crippen LogP contribution in [0.2, 0.25) is 0 Å². The van der Waals surface area contributed by atoms with E-state index in [0.717, 1.165) is 4.88 Å². The van der Waals surface area contributed by atoms with Gasteiger partial charge in [-0.05, 0) is 40.7 Å². The predicted molar refractivity (Wildman–Crippen MR) is 75.3 cm³/mol. The highest BCUT2D eigenvalue weighted by Gasteiger charge is 2.20. The predicted octanol–water partition coefficient (Wildman–Crippen LogP) is 2.18. The van der Waals surface area contributed by atoms with Gasteiger partial charge in [-0.15, -0.1) is 0 Å². The Hall–Kier alpha value is -1.18. The molecule has 0 spiro atoms. The monoisotopic (exact) mass is 287 g/mol. The average molecular weight is 287 g/mol. The minimum absolute atomic E-state index is 0.396. The molecule has 1 aromatic heterocycles. The summed E-state index contributed by atoms with van der Waals surface area (Å²) in [5.74, 6) is 0. The molecular formula is C12H21N3O3S. The maximum Gasteiger partial charge on any atom is 0.413 e. The highest BCUT2D eigenvalue weighted by atomic mass is 32.1. The van der Waals surface area contributed by atoms with Crippen LogP contribution in [-0.4, -0.2) is 28.3 Å². The quantitative estimate of drug-likeness (QED) is 0.788. The van der Waals surface area contributed by atoms with Gasteiger partial charge in [-0.2, -0.15) is 0 Å². The minimum atomic E-state index is -0.642. The molecule has 0 radical (unpaired) electrons. The molecule has 1 aromatic rings. The van der Waals surface area contributed by atoms with Crippen LogP contribution in [-0.2, 0) is 4.74 Å². The largest absolute Gasteiger partial charge is 0.444 e. The highest BCUT2D eigenvalue weighted by molar-refractivity contribution is 7.16. The molecule has 6 nitrogen and oxygen atoms in total. The zero-order valence-electron chi connectivity index (χ0n) is 11.7. The van der Waals surface area contributed by atoms with Crippen LogP contribution in [0.15, 0.2) is 0 Å². The zero-order valence-corrected chi connectivity index (χ0v) is 12.5. The Labute approximate surface area is 117 Å². The number of rotatable bonds is 4. The standard InChI is InChI=1S/C12H21N3O3S/c1-7-9(8(16)5-6-13)19-10(14-7)15-11(17)18-12(2,3)4/h8,16H,5-6,13H2,1-4H3,(H,14,15,17)/t8-/m0/s1. The number of hydrogen-bond acceptors (Lipinski definition) is 6. The van der Waals surface area contributed by atoms with Crippen LogP contribution < -0.4 is 11.1 Å². The van der Waals surface area contributed by atoms with Crippen LogP contribution in [0, 0.1) is 6.92 Å². The van der Waals surface area contributed by atoms with Crippen molar-refractivity contribution in [2.75, 3.05) is 11.9 Å². The molecule has 1 atom stereocenters. The number of aromatic nitrogens is 1. The van der Waals surface area contributed by atoms with Crippen molar-refractivity contribution in [1.82, 2.24) is 4.98 Å². The van der Waals surface area contributed by atoms with E-state index >= 15 is 0 Å². The average Bonchev–Trinajstić information content (AvgIpc) is 2.56. The number of aliphatic hydroxyl groups is 1. The Bertz CT molecular complexity index is 440. The van der Waals surface area contributed by atoms with Crippen LogP contribution in [0.1, 0.15) is 43.9 Å². The summed E-state index contributed by atoms with van der Waals surface area (Å²) < 4.78 is 5.13. The second-order valence-electron chi connectivity index (χ2n) is 5.19. The molecule has 0 unspecified atom stereocenters. The van der Waals surface area contributed by atoms with E-state index in [1.54, 1.807) is 27.7 Å². The Morgan fingerprint density at radius 2 is 2.21 bits per heavy atom. The van der Waals surface area contributed by atoms with Crippen molar-refractivity contribution in [2.24, 2.45) is 5.73 Å². The number of thiazole rings is 1. The van der Waals surface area contributed by atoms with Crippen molar-refractivity contribution >= 4 is 22.6 Å². The molecule has 0 aliphatic rings. The van der Waals surface area contributed by atoms with E-state index in [0.29, 0.717) is 23.8 Å². The van der Waals surface area contributed by atoms with Gasteiger partial charge in [0, 0.05) is 0 Å². The lowest BCUT2D eigenvalue weighted by atomic mass is 10.2. The molecule has 0 saturated heterocycles. The number of nitrogens with zero attached hydrogens (tertiary/aromatic N) is 1. The molecule has 0 aliphatic heterocycles. The van der Waals surface area contributed by atoms with Gasteiger partial charge in [0.25, 0.3) is 0 Å². The SMILES string of the molecule is Cc1nc(NC(=O)OC(C)(C)C)sc1[C@@H](O)CCN. The molecule has 1 rings (SSSR count). The number of carbonyl (C=O) groups is 1. The summed E-state index contributed by atoms with van der Waals surface area (Å²) in [7, 11) is 0. The van der Waals surface area contributed by atoms with E-state index in [4.69, 9.17) is 10.5 Å². The first-order valence-corrected chi connectivity index (χ1v) is 6.90. The lowest BCUT2D eigenvalue weighted by molar-refractivity contribution is 0.0636. The third-order valence-corrected chi connectivity index (χ3v) is 3.36. The van der Waals surface area contributed by atoms with Crippen LogP contribution in [0.5, 0.6) is 0 Å². The lowest BCUT2D eigenvalue weighted by Gasteiger charge is -2.18. The number of hydrogen-bond donors (Lipinski definition) is 3. The molecule has 7 heteroatoms. The van der Waals surface area contributed by atoms with E-state index in [9.17, 15) is 9.90 Å². The summed E-state index contributed by atoms with van der Waals surface area (Å²) in [6.07, 6.45) is -0.729. The van der Waals surface area contributed by atoms with Crippen LogP contribution >= 0.6 is 11.3 Å². The number of ether oxygens (including phenoxy) is 1. The van der Waals surface area contributed by atoms with E-state index in [1.807, 2.05) is 0 Å². The molecule has 1 amide bonds. The fourth-order valence-electron chi connectivity index (χ4n) is 1.45. The van der Waals surface area contributed by atoms with Gasteiger partial charge in [-0.1, -0.05) is 11.3 Å². The van der Waals surface area contributed by atoms with Gasteiger partial charge in [0.2, 0.25) is 0 Å². The molecule has 108 valence electrons. The van der Waals surface area contributed by atoms with E-state index in [2.05, 4.69) is 10.3 Å². The van der Waals surface area contributed by atoms with Crippen molar-refractivity contribution < 1.29 is 14.6 Å². The van der Waals surface area contributed by atoms with Gasteiger partial charge in [0.05, 0.1) is 16.7 Å². The number of carbonyl (C=O) groups excluding carboxylic acids is 1. The lowest BCUT2D eigenvalue weighted by Crippen LogP contribution is -2.27. The van der Waals surface area contributed by atoms with Gasteiger partial charge >= 0.3 is 6.09 Å². The molecule has 19 heavy (non-hydrogen) atoms. The summed E-state index contributed by atoms with van der Waals surface area (Å²) >= 11 is 1.23. The summed E-state index contributed by atoms with van der Waals surface area (Å²) in [6, 6.07) is 0. The fourth-order valence-corrected chi connectivity index (χ4v) is 2.42. The van der Waals surface area contributed by atoms with Crippen molar-refractivity contribution in [1.29, 1.82) is 0 Å². The maximum atomic E-state index is 11.6. The Balaban J connectivity index is 2.71. The van der Waals surface area contributed by atoms with Crippen LogP contribution in [0.25, 0.3) is 0 Å². The number of nitrogens with two attached hydrogens (primary N) is 1. The first kappa shape index (κ1) is 15.9. The summed E-state index contributed by atoms with van der Waals surface area (Å²) in [5, 5.41) is 12.9. The second kappa shape index (κ2) is 6.31. The Morgan fingerprint density at radius 1 is 1.58 bits per heavy atom. The minimum Gasteiger partial charge on any atom is -0.444 e. The molecule has 1 heterocycles. The van der Waals surface area contributed by atoms with Crippen molar-refractivity contribution in [2.45, 2.75) is 45.8 Å². The molecule has 0 saturated carbocycles. The first-order chi connectivity index (χ1) is 8.73. The van der Waals surface area contributed by atoms with Gasteiger partial charge in [-0.25, -0.2) is 9.78 Å². The Morgan fingerprint density at radius 3 is 2.74 bits per heavy atom. The summed E-state index contributed by atoms with van der Waals surface area (Å²) in [5.41, 5.74) is 5.54. The molecule has 0 aliphatic carbocycles. The third kappa shape index (κ3) is 5.14. The van der Waals surface area contributed by atoms with Crippen LogP contribution in [0.3, 0.4) is 0 Å². The molecule has 0 bridgehead atoms. The number of anilines is 1. The second-order valence-corrected chi connectivity index (χ2v) is 6.22. The fraction of sp³-hybridized carbons (Fsp3) is 0.667. The topological polar surface area (TPSA) is 97.5 Å². The zero-order chi connectivity index (χ0) is 14.6. The maximum absolute atomic E-state index is 11.6. The first-order valence-electron chi connectivity index (χ1n) is 6.08. The third-order valence-electron chi connectivity index (χ3n) is 2.18. The van der Waals surface area contributed by atoms with E-state index in [1.165, 1.54) is 11.3 Å². The molecular weight excluding hydrogens is 266 g/mol. The van der Waals surface area contributed by atoms with Gasteiger partial charge in [-0.3, -0.25) is 5.32 Å². The van der Waals surface area contributed by atoms with Crippen molar-refractivity contribution in [3.63, 3.8) is 0 Å². The van der Waals surface area contributed by atoms with Crippen molar-refractivity contribution in [3.05, 3.63) is 10.6 Å². The van der Waals surface area contributed by atoms with Gasteiger partial charge in [0.15, 0.2) is 5.13 Å². The number of aryl methyl sites for hydroxylation is 1. The molecule has 0 fully saturated rings. The highest BCUT2D eigenvalue weighted by Crippen LogP contribution is 2.30. The van der Waals surface area contributed by atoms with Crippen molar-refractivity contribution in [3.8, 4) is 0 Å². The summed E-state index contributed by atoms with van der Waals surface area (Å²) in [4.78, 5) is 16.5. The normalized spacial score (nSPS) is 13.2. The smallest absolute Gasteiger partial charge is 0.413 e. The molecule has 4 N–H and O–H groups in total. The van der Waals surface area contributed by atoms with E-state index < -0.39 is 17.8 Å². The number of aliphatic hydroxyl groups excluding tert-OH is 1. The van der Waals surface area contributed by atoms with E-state index in [-0.39, 0.29) is 0 Å². The number of nitrogens with one attached hydrogen (secondary N) is 1. The number of amides is 1. The van der Waals surface area contributed by atoms with Gasteiger partial charge < -0.3 is 15.6 Å².